The van der Waals surface area contributed by atoms with Gasteiger partial charge in [0.05, 0.1) is 17.7 Å². The highest BCUT2D eigenvalue weighted by Gasteiger charge is 2.31. The maximum atomic E-state index is 12.5. The number of pyridine rings is 1. The second-order valence-corrected chi connectivity index (χ2v) is 6.45. The Morgan fingerprint density at radius 2 is 1.93 bits per heavy atom. The number of β-amino-alcohol motifs (C(OH)–C–C–N with tert-alkyl or cyclic N) is 1. The molecule has 138 valence electrons. The predicted octanol–water partition coefficient (Wildman–Crippen LogP) is 0.130. The first kappa shape index (κ1) is 17.1. The van der Waals surface area contributed by atoms with Crippen LogP contribution in [0.4, 0.5) is 0 Å². The van der Waals surface area contributed by atoms with E-state index >= 15 is 0 Å². The molecular weight excluding hydrogens is 348 g/mol. The fraction of sp³-hybridized carbons (Fsp3) is 0.278. The number of aromatic nitrogens is 4. The monoisotopic (exact) mass is 366 g/mol. The Kier molecular flexibility index (Phi) is 4.51. The lowest BCUT2D eigenvalue weighted by atomic mass is 10.0. The molecule has 27 heavy (non-hydrogen) atoms. The van der Waals surface area contributed by atoms with Crippen LogP contribution in [-0.2, 0) is 0 Å². The molecule has 1 saturated heterocycles. The number of likely N-dealkylation sites (tertiary alicyclic amines) is 1. The molecule has 9 nitrogen and oxygen atoms in total. The Bertz CT molecular complexity index is 973. The summed E-state index contributed by atoms with van der Waals surface area (Å²) in [7, 11) is 0. The highest BCUT2D eigenvalue weighted by Crippen LogP contribution is 2.15. The largest absolute Gasteiger partial charge is 0.389 e. The van der Waals surface area contributed by atoms with E-state index in [0.29, 0.717) is 29.7 Å². The summed E-state index contributed by atoms with van der Waals surface area (Å²) in [6.45, 7) is 0.631. The molecule has 2 aromatic heterocycles. The molecule has 1 aromatic carbocycles. The van der Waals surface area contributed by atoms with Crippen LogP contribution >= 0.6 is 0 Å². The van der Waals surface area contributed by atoms with Crippen LogP contribution in [-0.4, -0.2) is 67.1 Å². The quantitative estimate of drug-likeness (QED) is 0.681. The van der Waals surface area contributed by atoms with Gasteiger partial charge in [-0.3, -0.25) is 9.59 Å². The highest BCUT2D eigenvalue weighted by molar-refractivity contribution is 5.95. The molecule has 9 heteroatoms. The Morgan fingerprint density at radius 3 is 2.70 bits per heavy atom. The number of hydrogen-bond donors (Lipinski definition) is 2. The van der Waals surface area contributed by atoms with E-state index in [1.807, 2.05) is 6.07 Å². The number of nitrogens with zero attached hydrogens (tertiary/aromatic N) is 5. The van der Waals surface area contributed by atoms with Gasteiger partial charge in [-0.15, -0.1) is 5.10 Å². The van der Waals surface area contributed by atoms with Gasteiger partial charge in [0.25, 0.3) is 11.8 Å². The molecule has 4 rings (SSSR count). The van der Waals surface area contributed by atoms with Gasteiger partial charge in [0.15, 0.2) is 5.65 Å². The molecule has 0 saturated carbocycles. The number of rotatable bonds is 3. The van der Waals surface area contributed by atoms with E-state index in [1.54, 1.807) is 41.3 Å². The lowest BCUT2D eigenvalue weighted by Gasteiger charge is -2.36. The van der Waals surface area contributed by atoms with E-state index in [4.69, 9.17) is 0 Å². The maximum absolute atomic E-state index is 12.5. The number of amides is 2. The molecule has 3 heterocycles. The van der Waals surface area contributed by atoms with E-state index in [1.165, 1.54) is 10.7 Å². The van der Waals surface area contributed by atoms with Gasteiger partial charge < -0.3 is 15.3 Å². The molecule has 0 bridgehead atoms. The van der Waals surface area contributed by atoms with Gasteiger partial charge in [0, 0.05) is 24.8 Å². The minimum Gasteiger partial charge on any atom is -0.389 e. The van der Waals surface area contributed by atoms with Gasteiger partial charge in [-0.1, -0.05) is 18.2 Å². The summed E-state index contributed by atoms with van der Waals surface area (Å²) in [6, 6.07) is 11.8. The van der Waals surface area contributed by atoms with E-state index in [9.17, 15) is 14.7 Å². The predicted molar refractivity (Wildman–Crippen MR) is 95.0 cm³/mol. The first-order valence-electron chi connectivity index (χ1n) is 8.63. The fourth-order valence-electron chi connectivity index (χ4n) is 3.18. The summed E-state index contributed by atoms with van der Waals surface area (Å²) in [5, 5.41) is 24.3. The Hall–Kier alpha value is -3.33. The molecule has 2 atom stereocenters. The van der Waals surface area contributed by atoms with Crippen molar-refractivity contribution < 1.29 is 14.7 Å². The van der Waals surface area contributed by atoms with Crippen molar-refractivity contribution in [1.29, 1.82) is 0 Å². The molecule has 2 amide bonds. The lowest BCUT2D eigenvalue weighted by molar-refractivity contribution is 0.0315. The number of aliphatic hydroxyl groups excluding tert-OH is 1. The molecule has 1 aliphatic heterocycles. The minimum atomic E-state index is -0.841. The SMILES string of the molecule is O=C(NC1CCN(C(=O)c2ccccc2)CC1O)c1ccc2nnnn2c1. The second kappa shape index (κ2) is 7.12. The Morgan fingerprint density at radius 1 is 1.11 bits per heavy atom. The third kappa shape index (κ3) is 3.49. The number of tetrazole rings is 1. The van der Waals surface area contributed by atoms with Crippen LogP contribution in [0.1, 0.15) is 27.1 Å². The third-order valence-electron chi connectivity index (χ3n) is 4.66. The summed E-state index contributed by atoms with van der Waals surface area (Å²) in [5.41, 5.74) is 1.52. The van der Waals surface area contributed by atoms with Gasteiger partial charge in [-0.25, -0.2) is 0 Å². The average Bonchev–Trinajstić information content (AvgIpc) is 3.17. The van der Waals surface area contributed by atoms with E-state index < -0.39 is 12.1 Å². The van der Waals surface area contributed by atoms with Crippen LogP contribution in [0.3, 0.4) is 0 Å². The van der Waals surface area contributed by atoms with Crippen LogP contribution in [0.5, 0.6) is 0 Å². The van der Waals surface area contributed by atoms with Crippen molar-refractivity contribution >= 4 is 17.5 Å². The molecule has 2 N–H and O–H groups in total. The molecule has 1 fully saturated rings. The fourth-order valence-corrected chi connectivity index (χ4v) is 3.18. The number of benzene rings is 1. The third-order valence-corrected chi connectivity index (χ3v) is 4.66. The topological polar surface area (TPSA) is 113 Å². The zero-order valence-corrected chi connectivity index (χ0v) is 14.4. The van der Waals surface area contributed by atoms with E-state index in [0.717, 1.165) is 0 Å². The molecule has 1 aliphatic rings. The molecule has 2 unspecified atom stereocenters. The first-order valence-corrected chi connectivity index (χ1v) is 8.63. The van der Waals surface area contributed by atoms with Gasteiger partial charge in [0.1, 0.15) is 0 Å². The summed E-state index contributed by atoms with van der Waals surface area (Å²) >= 11 is 0. The molecule has 3 aromatic rings. The van der Waals surface area contributed by atoms with Crippen molar-refractivity contribution in [3.63, 3.8) is 0 Å². The minimum absolute atomic E-state index is 0.122. The van der Waals surface area contributed by atoms with Crippen LogP contribution in [0.15, 0.2) is 48.7 Å². The zero-order chi connectivity index (χ0) is 18.8. The number of carbonyl (C=O) groups is 2. The van der Waals surface area contributed by atoms with E-state index in [-0.39, 0.29) is 18.4 Å². The van der Waals surface area contributed by atoms with Crippen LogP contribution in [0.2, 0.25) is 0 Å². The van der Waals surface area contributed by atoms with Gasteiger partial charge >= 0.3 is 0 Å². The van der Waals surface area contributed by atoms with Gasteiger partial charge in [0.2, 0.25) is 0 Å². The number of piperidine rings is 1. The molecule has 0 radical (unpaired) electrons. The summed E-state index contributed by atoms with van der Waals surface area (Å²) in [6.07, 6.45) is 1.16. The van der Waals surface area contributed by atoms with Crippen LogP contribution in [0, 0.1) is 0 Å². The second-order valence-electron chi connectivity index (χ2n) is 6.45. The maximum Gasteiger partial charge on any atom is 0.253 e. The first-order chi connectivity index (χ1) is 13.1. The van der Waals surface area contributed by atoms with E-state index in [2.05, 4.69) is 20.8 Å². The van der Waals surface area contributed by atoms with Crippen molar-refractivity contribution in [2.75, 3.05) is 13.1 Å². The summed E-state index contributed by atoms with van der Waals surface area (Å²) in [4.78, 5) is 26.6. The van der Waals surface area contributed by atoms with Crippen LogP contribution in [0.25, 0.3) is 5.65 Å². The number of carbonyl (C=O) groups excluding carboxylic acids is 2. The standard InChI is InChI=1S/C18H18N6O3/c25-15-11-23(18(27)12-4-2-1-3-5-12)9-8-14(15)19-17(26)13-6-7-16-20-21-22-24(16)10-13/h1-7,10,14-15,25H,8-9,11H2,(H,19,26). The van der Waals surface area contributed by atoms with Crippen molar-refractivity contribution in [3.8, 4) is 0 Å². The van der Waals surface area contributed by atoms with Gasteiger partial charge in [-0.05, 0) is 41.1 Å². The number of aliphatic hydroxyl groups is 1. The number of fused-ring (bicyclic) bond motifs is 1. The molecule has 0 spiro atoms. The van der Waals surface area contributed by atoms with Crippen molar-refractivity contribution in [2.24, 2.45) is 0 Å². The Balaban J connectivity index is 1.39. The van der Waals surface area contributed by atoms with Crippen LogP contribution < -0.4 is 5.32 Å². The average molecular weight is 366 g/mol. The van der Waals surface area contributed by atoms with Crippen molar-refractivity contribution in [3.05, 3.63) is 59.8 Å². The van der Waals surface area contributed by atoms with Crippen molar-refractivity contribution in [2.45, 2.75) is 18.6 Å². The van der Waals surface area contributed by atoms with Gasteiger partial charge in [-0.2, -0.15) is 4.52 Å². The lowest BCUT2D eigenvalue weighted by Crippen LogP contribution is -2.55. The molecule has 0 aliphatic carbocycles. The normalized spacial score (nSPS) is 19.8. The summed E-state index contributed by atoms with van der Waals surface area (Å²) in [5.74, 6) is -0.442. The number of hydrogen-bond acceptors (Lipinski definition) is 6. The Labute approximate surface area is 154 Å². The van der Waals surface area contributed by atoms with Crippen molar-refractivity contribution in [1.82, 2.24) is 30.3 Å². The smallest absolute Gasteiger partial charge is 0.253 e. The molecular formula is C18H18N6O3. The highest BCUT2D eigenvalue weighted by atomic mass is 16.3. The zero-order valence-electron chi connectivity index (χ0n) is 14.4. The number of nitrogens with one attached hydrogen (secondary N) is 1. The summed E-state index contributed by atoms with van der Waals surface area (Å²) < 4.78 is 1.41.